The first-order valence-corrected chi connectivity index (χ1v) is 10.4. The van der Waals surface area contributed by atoms with E-state index in [1.165, 1.54) is 0 Å². The number of hydrogen-bond acceptors (Lipinski definition) is 4. The minimum atomic E-state index is -0.182. The van der Waals surface area contributed by atoms with Crippen LogP contribution < -0.4 is 5.69 Å². The zero-order valence-electron chi connectivity index (χ0n) is 17.1. The first kappa shape index (κ1) is 18.6. The largest absolute Gasteiger partial charge is 0.340 e. The number of aromatic nitrogens is 5. The fourth-order valence-electron chi connectivity index (χ4n) is 4.35. The lowest BCUT2D eigenvalue weighted by Crippen LogP contribution is -2.44. The summed E-state index contributed by atoms with van der Waals surface area (Å²) in [5.74, 6) is 0.0800. The van der Waals surface area contributed by atoms with Gasteiger partial charge >= 0.3 is 5.69 Å². The van der Waals surface area contributed by atoms with Crippen molar-refractivity contribution >= 4 is 22.6 Å². The van der Waals surface area contributed by atoms with Gasteiger partial charge in [-0.1, -0.05) is 19.9 Å². The van der Waals surface area contributed by atoms with Gasteiger partial charge in [0.15, 0.2) is 5.65 Å². The Balaban J connectivity index is 1.58. The van der Waals surface area contributed by atoms with Crippen LogP contribution in [-0.2, 0) is 4.79 Å². The van der Waals surface area contributed by atoms with Crippen molar-refractivity contribution in [2.24, 2.45) is 5.92 Å². The highest BCUT2D eigenvalue weighted by atomic mass is 16.2. The van der Waals surface area contributed by atoms with E-state index in [4.69, 9.17) is 4.98 Å². The van der Waals surface area contributed by atoms with E-state index in [2.05, 4.69) is 10.1 Å². The number of likely N-dealkylation sites (tertiary alicyclic amines) is 1. The first-order valence-electron chi connectivity index (χ1n) is 10.4. The average Bonchev–Trinajstić information content (AvgIpc) is 3.33. The molecule has 8 nitrogen and oxygen atoms in total. The number of piperidine rings is 1. The van der Waals surface area contributed by atoms with Gasteiger partial charge in [-0.3, -0.25) is 9.36 Å². The maximum absolute atomic E-state index is 12.8. The molecule has 0 saturated carbocycles. The second kappa shape index (κ2) is 7.12. The Hall–Kier alpha value is -3.42. The van der Waals surface area contributed by atoms with E-state index in [-0.39, 0.29) is 23.6 Å². The third kappa shape index (κ3) is 2.99. The van der Waals surface area contributed by atoms with Crippen molar-refractivity contribution in [2.75, 3.05) is 13.1 Å². The van der Waals surface area contributed by atoms with Gasteiger partial charge in [0.2, 0.25) is 5.91 Å². The van der Waals surface area contributed by atoms with Crippen molar-refractivity contribution in [3.8, 4) is 11.3 Å². The molecule has 0 spiro atoms. The molecule has 1 aliphatic heterocycles. The fourth-order valence-corrected chi connectivity index (χ4v) is 4.35. The molecule has 1 atom stereocenters. The maximum atomic E-state index is 12.8. The zero-order chi connectivity index (χ0) is 20.8. The summed E-state index contributed by atoms with van der Waals surface area (Å²) in [5.41, 5.74) is 3.78. The number of nitrogens with one attached hydrogen (secondary N) is 1. The van der Waals surface area contributed by atoms with Crippen molar-refractivity contribution in [2.45, 2.75) is 32.7 Å². The second-order valence-corrected chi connectivity index (χ2v) is 8.19. The van der Waals surface area contributed by atoms with E-state index in [1.54, 1.807) is 10.8 Å². The van der Waals surface area contributed by atoms with Crippen LogP contribution in [0.25, 0.3) is 27.9 Å². The molecule has 5 heterocycles. The van der Waals surface area contributed by atoms with Gasteiger partial charge in [-0.05, 0) is 37.1 Å². The molecule has 5 rings (SSSR count). The van der Waals surface area contributed by atoms with Gasteiger partial charge in [0, 0.05) is 30.8 Å². The van der Waals surface area contributed by atoms with Crippen molar-refractivity contribution in [3.05, 3.63) is 53.2 Å². The van der Waals surface area contributed by atoms with E-state index >= 15 is 0 Å². The highest BCUT2D eigenvalue weighted by Gasteiger charge is 2.28. The number of imidazole rings is 1. The number of H-pyrrole nitrogens is 1. The normalized spacial score (nSPS) is 17.3. The summed E-state index contributed by atoms with van der Waals surface area (Å²) in [6.45, 7) is 5.10. The summed E-state index contributed by atoms with van der Waals surface area (Å²) in [4.78, 5) is 34.9. The van der Waals surface area contributed by atoms with Crippen molar-refractivity contribution in [1.82, 2.24) is 29.0 Å². The van der Waals surface area contributed by atoms with Crippen molar-refractivity contribution in [3.63, 3.8) is 0 Å². The number of hydrogen-bond donors (Lipinski definition) is 1. The van der Waals surface area contributed by atoms with Crippen molar-refractivity contribution in [1.29, 1.82) is 0 Å². The Morgan fingerprint density at radius 2 is 2.10 bits per heavy atom. The molecule has 154 valence electrons. The molecule has 1 unspecified atom stereocenters. The van der Waals surface area contributed by atoms with Gasteiger partial charge in [-0.15, -0.1) is 0 Å². The summed E-state index contributed by atoms with van der Waals surface area (Å²) in [5, 5.41) is 4.39. The van der Waals surface area contributed by atoms with Gasteiger partial charge < -0.3 is 9.88 Å². The Labute approximate surface area is 173 Å². The highest BCUT2D eigenvalue weighted by Crippen LogP contribution is 2.27. The molecule has 0 bridgehead atoms. The van der Waals surface area contributed by atoms with E-state index < -0.39 is 0 Å². The monoisotopic (exact) mass is 404 g/mol. The fraction of sp³-hybridized carbons (Fsp3) is 0.364. The third-order valence-electron chi connectivity index (χ3n) is 5.83. The molecule has 4 aromatic heterocycles. The lowest BCUT2D eigenvalue weighted by Gasteiger charge is -2.34. The molecule has 1 N–H and O–H groups in total. The summed E-state index contributed by atoms with van der Waals surface area (Å²) in [6, 6.07) is 9.60. The molecule has 0 aromatic carbocycles. The number of fused-ring (bicyclic) bond motifs is 2. The predicted octanol–water partition coefficient (Wildman–Crippen LogP) is 2.86. The van der Waals surface area contributed by atoms with E-state index in [0.717, 1.165) is 36.2 Å². The number of rotatable bonds is 3. The molecule has 4 aromatic rings. The van der Waals surface area contributed by atoms with Crippen LogP contribution in [0.4, 0.5) is 0 Å². The minimum absolute atomic E-state index is 0.0520. The number of carbonyl (C=O) groups is 1. The molecule has 0 radical (unpaired) electrons. The standard InChI is InChI=1S/C22H24N6O2/c1-14(2)21(29)26-10-5-6-15(13-26)28-20-18(25-22(28)30)9-8-17(24-20)16-12-23-27-11-4-3-7-19(16)27/h3-4,7-9,11-12,14-15H,5-6,10,13H2,1-2H3,(H,25,30). The Morgan fingerprint density at radius 3 is 2.93 bits per heavy atom. The Morgan fingerprint density at radius 1 is 1.23 bits per heavy atom. The molecule has 0 aliphatic carbocycles. The number of carbonyl (C=O) groups excluding carboxylic acids is 1. The summed E-state index contributed by atoms with van der Waals surface area (Å²) in [6.07, 6.45) is 5.40. The van der Waals surface area contributed by atoms with Crippen LogP contribution in [0.1, 0.15) is 32.7 Å². The predicted molar refractivity (Wildman–Crippen MR) is 114 cm³/mol. The number of amides is 1. The molecule has 1 saturated heterocycles. The summed E-state index contributed by atoms with van der Waals surface area (Å²) < 4.78 is 3.53. The second-order valence-electron chi connectivity index (χ2n) is 8.19. The Kier molecular flexibility index (Phi) is 4.42. The third-order valence-corrected chi connectivity index (χ3v) is 5.83. The molecular formula is C22H24N6O2. The van der Waals surface area contributed by atoms with Crippen molar-refractivity contribution < 1.29 is 4.79 Å². The SMILES string of the molecule is CC(C)C(=O)N1CCCC(n2c(=O)[nH]c3ccc(-c4cnn5ccccc45)nc32)C1. The van der Waals surface area contributed by atoms with Gasteiger partial charge in [0.1, 0.15) is 0 Å². The van der Waals surface area contributed by atoms with Crippen LogP contribution in [0.15, 0.2) is 47.5 Å². The van der Waals surface area contributed by atoms with Crippen LogP contribution in [0.3, 0.4) is 0 Å². The average molecular weight is 404 g/mol. The molecule has 1 amide bonds. The minimum Gasteiger partial charge on any atom is -0.340 e. The van der Waals surface area contributed by atoms with Gasteiger partial charge in [-0.2, -0.15) is 5.10 Å². The number of aromatic amines is 1. The van der Waals surface area contributed by atoms with E-state index in [1.807, 2.05) is 59.8 Å². The molecule has 30 heavy (non-hydrogen) atoms. The van der Waals surface area contributed by atoms with Gasteiger partial charge in [0.05, 0.1) is 29.0 Å². The van der Waals surface area contributed by atoms with Crippen LogP contribution in [0.5, 0.6) is 0 Å². The number of nitrogens with zero attached hydrogens (tertiary/aromatic N) is 5. The topological polar surface area (TPSA) is 88.3 Å². The highest BCUT2D eigenvalue weighted by molar-refractivity contribution is 5.82. The molecular weight excluding hydrogens is 380 g/mol. The van der Waals surface area contributed by atoms with Gasteiger partial charge in [0.25, 0.3) is 0 Å². The molecule has 1 fully saturated rings. The van der Waals surface area contributed by atoms with Gasteiger partial charge in [-0.25, -0.2) is 14.3 Å². The summed E-state index contributed by atoms with van der Waals surface area (Å²) >= 11 is 0. The molecule has 1 aliphatic rings. The Bertz CT molecular complexity index is 1300. The van der Waals surface area contributed by atoms with Crippen LogP contribution in [-0.4, -0.2) is 48.0 Å². The lowest BCUT2D eigenvalue weighted by molar-refractivity contribution is -0.136. The van der Waals surface area contributed by atoms with Crippen LogP contribution >= 0.6 is 0 Å². The zero-order valence-corrected chi connectivity index (χ0v) is 17.1. The quantitative estimate of drug-likeness (QED) is 0.569. The van der Waals surface area contributed by atoms with E-state index in [0.29, 0.717) is 17.7 Å². The van der Waals surface area contributed by atoms with Crippen LogP contribution in [0.2, 0.25) is 0 Å². The maximum Gasteiger partial charge on any atom is 0.327 e. The number of pyridine rings is 2. The van der Waals surface area contributed by atoms with Crippen LogP contribution in [0, 0.1) is 5.92 Å². The lowest BCUT2D eigenvalue weighted by atomic mass is 10.0. The van der Waals surface area contributed by atoms with E-state index in [9.17, 15) is 9.59 Å². The molecule has 8 heteroatoms. The summed E-state index contributed by atoms with van der Waals surface area (Å²) in [7, 11) is 0. The first-order chi connectivity index (χ1) is 14.5. The smallest absolute Gasteiger partial charge is 0.327 e.